The van der Waals surface area contributed by atoms with E-state index in [1.807, 2.05) is 6.33 Å². The number of aryl methyl sites for hydroxylation is 3. The minimum Gasteiger partial charge on any atom is -0.337 e. The smallest absolute Gasteiger partial charge is 0.0949 e. The third-order valence-electron chi connectivity index (χ3n) is 4.45. The Bertz CT molecular complexity index is 516. The van der Waals surface area contributed by atoms with Gasteiger partial charge >= 0.3 is 0 Å². The van der Waals surface area contributed by atoms with E-state index in [2.05, 4.69) is 53.0 Å². The zero-order valence-corrected chi connectivity index (χ0v) is 14.7. The average molecular weight is 313 g/mol. The summed E-state index contributed by atoms with van der Waals surface area (Å²) in [5, 5.41) is 0. The monoisotopic (exact) mass is 312 g/mol. The fourth-order valence-electron chi connectivity index (χ4n) is 3.01. The average Bonchev–Trinajstić information content (AvgIpc) is 3.03. The molecule has 0 N–H and O–H groups in total. The first kappa shape index (κ1) is 17.8. The Morgan fingerprint density at radius 3 is 2.39 bits per heavy atom. The zero-order valence-electron chi connectivity index (χ0n) is 14.7. The predicted octanol–water partition coefficient (Wildman–Crippen LogP) is 5.81. The van der Waals surface area contributed by atoms with Crippen LogP contribution in [0.3, 0.4) is 0 Å². The summed E-state index contributed by atoms with van der Waals surface area (Å²) in [4.78, 5) is 4.53. The van der Waals surface area contributed by atoms with E-state index in [1.165, 1.54) is 69.0 Å². The van der Waals surface area contributed by atoms with E-state index in [1.54, 1.807) is 0 Å². The standard InChI is InChI=1S/C21H32N2/c1-2-3-4-11-16-21-18-23(19-22-21)17-12-6-5-8-13-20-14-9-7-10-15-20/h7,9-10,14-15,18-19H,2-6,8,11-13,16-17H2,1H3. The topological polar surface area (TPSA) is 17.8 Å². The number of hydrogen-bond donors (Lipinski definition) is 0. The summed E-state index contributed by atoms with van der Waals surface area (Å²) in [6.45, 7) is 3.38. The van der Waals surface area contributed by atoms with Crippen LogP contribution in [0.1, 0.15) is 69.5 Å². The van der Waals surface area contributed by atoms with Crippen molar-refractivity contribution in [1.82, 2.24) is 9.55 Å². The van der Waals surface area contributed by atoms with E-state index in [4.69, 9.17) is 0 Å². The van der Waals surface area contributed by atoms with Crippen LogP contribution in [0.15, 0.2) is 42.9 Å². The Balaban J connectivity index is 1.52. The highest BCUT2D eigenvalue weighted by atomic mass is 15.0. The van der Waals surface area contributed by atoms with Crippen LogP contribution in [0.5, 0.6) is 0 Å². The quantitative estimate of drug-likeness (QED) is 0.452. The molecule has 0 saturated carbocycles. The van der Waals surface area contributed by atoms with Gasteiger partial charge in [0.05, 0.1) is 12.0 Å². The van der Waals surface area contributed by atoms with E-state index in [9.17, 15) is 0 Å². The summed E-state index contributed by atoms with van der Waals surface area (Å²) >= 11 is 0. The van der Waals surface area contributed by atoms with Crippen LogP contribution < -0.4 is 0 Å². The van der Waals surface area contributed by atoms with Crippen LogP contribution in [0.25, 0.3) is 0 Å². The second-order valence-corrected chi connectivity index (χ2v) is 6.56. The molecule has 0 saturated heterocycles. The van der Waals surface area contributed by atoms with Crippen molar-refractivity contribution in [3.8, 4) is 0 Å². The molecule has 2 heteroatoms. The first-order valence-electron chi connectivity index (χ1n) is 9.43. The van der Waals surface area contributed by atoms with Crippen LogP contribution in [-0.2, 0) is 19.4 Å². The van der Waals surface area contributed by atoms with Crippen LogP contribution in [0, 0.1) is 0 Å². The fraction of sp³-hybridized carbons (Fsp3) is 0.571. The second kappa shape index (κ2) is 11.0. The molecule has 0 bridgehead atoms. The molecule has 2 rings (SSSR count). The van der Waals surface area contributed by atoms with Gasteiger partial charge in [0, 0.05) is 12.7 Å². The van der Waals surface area contributed by atoms with Crippen LogP contribution >= 0.6 is 0 Å². The molecule has 1 aromatic carbocycles. The molecule has 126 valence electrons. The maximum Gasteiger partial charge on any atom is 0.0949 e. The normalized spacial score (nSPS) is 11.0. The SMILES string of the molecule is CCCCCCc1cn(CCCCCCc2ccccc2)cn1. The van der Waals surface area contributed by atoms with Crippen LogP contribution in [0.2, 0.25) is 0 Å². The van der Waals surface area contributed by atoms with Gasteiger partial charge in [-0.1, -0.05) is 69.4 Å². The Hall–Kier alpha value is -1.57. The van der Waals surface area contributed by atoms with Crippen molar-refractivity contribution in [3.05, 3.63) is 54.1 Å². The van der Waals surface area contributed by atoms with Gasteiger partial charge in [-0.05, 0) is 37.7 Å². The predicted molar refractivity (Wildman–Crippen MR) is 98.7 cm³/mol. The molecule has 0 spiro atoms. The van der Waals surface area contributed by atoms with Gasteiger partial charge in [0.25, 0.3) is 0 Å². The van der Waals surface area contributed by atoms with Gasteiger partial charge in [0.1, 0.15) is 0 Å². The molecule has 0 amide bonds. The molecule has 23 heavy (non-hydrogen) atoms. The van der Waals surface area contributed by atoms with E-state index < -0.39 is 0 Å². The van der Waals surface area contributed by atoms with E-state index >= 15 is 0 Å². The van der Waals surface area contributed by atoms with Gasteiger partial charge in [-0.3, -0.25) is 0 Å². The molecule has 2 aromatic rings. The van der Waals surface area contributed by atoms with Crippen LogP contribution in [-0.4, -0.2) is 9.55 Å². The minimum absolute atomic E-state index is 1.12. The van der Waals surface area contributed by atoms with Crippen molar-refractivity contribution < 1.29 is 0 Å². The van der Waals surface area contributed by atoms with Crippen molar-refractivity contribution in [2.45, 2.75) is 77.7 Å². The summed E-state index contributed by atoms with van der Waals surface area (Å²) in [5.74, 6) is 0. The van der Waals surface area contributed by atoms with Crippen molar-refractivity contribution in [2.24, 2.45) is 0 Å². The minimum atomic E-state index is 1.12. The Morgan fingerprint density at radius 1 is 0.826 bits per heavy atom. The Morgan fingerprint density at radius 2 is 1.57 bits per heavy atom. The summed E-state index contributed by atoms with van der Waals surface area (Å²) in [6, 6.07) is 10.8. The van der Waals surface area contributed by atoms with Gasteiger partial charge in [0.15, 0.2) is 0 Å². The Kier molecular flexibility index (Phi) is 8.53. The summed E-state index contributed by atoms with van der Waals surface area (Å²) in [7, 11) is 0. The van der Waals surface area contributed by atoms with E-state index in [-0.39, 0.29) is 0 Å². The van der Waals surface area contributed by atoms with Gasteiger partial charge in [-0.25, -0.2) is 4.98 Å². The number of benzene rings is 1. The van der Waals surface area contributed by atoms with Gasteiger partial charge in [-0.2, -0.15) is 0 Å². The molecule has 0 radical (unpaired) electrons. The second-order valence-electron chi connectivity index (χ2n) is 6.56. The number of aromatic nitrogens is 2. The first-order chi connectivity index (χ1) is 11.4. The molecule has 0 unspecified atom stereocenters. The lowest BCUT2D eigenvalue weighted by Gasteiger charge is -2.03. The lowest BCUT2D eigenvalue weighted by atomic mass is 10.1. The number of hydrogen-bond acceptors (Lipinski definition) is 1. The maximum atomic E-state index is 4.53. The number of unbranched alkanes of at least 4 members (excludes halogenated alkanes) is 6. The number of rotatable bonds is 12. The molecular formula is C21H32N2. The number of imidazole rings is 1. The zero-order chi connectivity index (χ0) is 16.2. The lowest BCUT2D eigenvalue weighted by molar-refractivity contribution is 0.571. The molecule has 2 nitrogen and oxygen atoms in total. The van der Waals surface area contributed by atoms with Crippen molar-refractivity contribution >= 4 is 0 Å². The van der Waals surface area contributed by atoms with Crippen molar-refractivity contribution in [1.29, 1.82) is 0 Å². The molecule has 1 heterocycles. The highest BCUT2D eigenvalue weighted by molar-refractivity contribution is 5.14. The molecule has 0 aliphatic rings. The van der Waals surface area contributed by atoms with Gasteiger partial charge in [-0.15, -0.1) is 0 Å². The van der Waals surface area contributed by atoms with Crippen molar-refractivity contribution in [3.63, 3.8) is 0 Å². The summed E-state index contributed by atoms with van der Waals surface area (Å²) in [5.41, 5.74) is 2.74. The fourth-order valence-corrected chi connectivity index (χ4v) is 3.01. The highest BCUT2D eigenvalue weighted by Crippen LogP contribution is 2.10. The number of nitrogens with zero attached hydrogens (tertiary/aromatic N) is 2. The molecule has 0 fully saturated rings. The molecule has 0 aliphatic heterocycles. The summed E-state index contributed by atoms with van der Waals surface area (Å²) < 4.78 is 2.27. The lowest BCUT2D eigenvalue weighted by Crippen LogP contribution is -1.95. The first-order valence-corrected chi connectivity index (χ1v) is 9.43. The molecule has 0 aliphatic carbocycles. The van der Waals surface area contributed by atoms with Gasteiger partial charge < -0.3 is 4.57 Å². The van der Waals surface area contributed by atoms with Crippen LogP contribution in [0.4, 0.5) is 0 Å². The third-order valence-corrected chi connectivity index (χ3v) is 4.45. The third kappa shape index (κ3) is 7.49. The molecule has 0 atom stereocenters. The van der Waals surface area contributed by atoms with E-state index in [0.29, 0.717) is 0 Å². The highest BCUT2D eigenvalue weighted by Gasteiger charge is 1.99. The van der Waals surface area contributed by atoms with Gasteiger partial charge in [0.2, 0.25) is 0 Å². The Labute approximate surface area is 142 Å². The van der Waals surface area contributed by atoms with Crippen molar-refractivity contribution in [2.75, 3.05) is 0 Å². The van der Waals surface area contributed by atoms with E-state index in [0.717, 1.165) is 13.0 Å². The maximum absolute atomic E-state index is 4.53. The summed E-state index contributed by atoms with van der Waals surface area (Å²) in [6.07, 6.45) is 17.1. The largest absolute Gasteiger partial charge is 0.337 e. The molecule has 1 aromatic heterocycles. The molecular weight excluding hydrogens is 280 g/mol.